The van der Waals surface area contributed by atoms with E-state index in [-0.39, 0.29) is 0 Å². The Hall–Kier alpha value is -0.480. The topological polar surface area (TPSA) is 15.6 Å². The fourth-order valence-electron chi connectivity index (χ4n) is 2.21. The Labute approximate surface area is 105 Å². The van der Waals surface area contributed by atoms with Crippen molar-refractivity contribution < 1.29 is 0 Å². The lowest BCUT2D eigenvalue weighted by molar-refractivity contribution is 0.517. The van der Waals surface area contributed by atoms with Gasteiger partial charge in [0.1, 0.15) is 5.84 Å². The van der Waals surface area contributed by atoms with Crippen molar-refractivity contribution in [3.05, 3.63) is 10.9 Å². The van der Waals surface area contributed by atoms with E-state index in [0.29, 0.717) is 0 Å². The van der Waals surface area contributed by atoms with Gasteiger partial charge in [-0.1, -0.05) is 6.92 Å². The summed E-state index contributed by atoms with van der Waals surface area (Å²) in [6, 6.07) is 2.27. The van der Waals surface area contributed by atoms with Gasteiger partial charge in [-0.05, 0) is 25.3 Å². The first-order chi connectivity index (χ1) is 7.86. The first kappa shape index (κ1) is 10.7. The molecule has 16 heavy (non-hydrogen) atoms. The molecule has 0 unspecified atom stereocenters. The van der Waals surface area contributed by atoms with E-state index in [2.05, 4.69) is 17.9 Å². The third kappa shape index (κ3) is 1.89. The summed E-state index contributed by atoms with van der Waals surface area (Å²) in [4.78, 5) is 8.75. The van der Waals surface area contributed by atoms with Crippen LogP contribution in [0.2, 0.25) is 0 Å². The molecule has 3 rings (SSSR count). The number of hydrogen-bond donors (Lipinski definition) is 0. The summed E-state index contributed by atoms with van der Waals surface area (Å²) >= 11 is 3.88. The van der Waals surface area contributed by atoms with Crippen LogP contribution in [0.5, 0.6) is 0 Å². The number of thioether (sulfide) groups is 1. The quantitative estimate of drug-likeness (QED) is 0.759. The average molecular weight is 252 g/mol. The van der Waals surface area contributed by atoms with E-state index in [1.54, 1.807) is 0 Å². The van der Waals surface area contributed by atoms with Crippen LogP contribution in [-0.4, -0.2) is 29.6 Å². The minimum atomic E-state index is 1.07. The largest absolute Gasteiger partial charge is 0.359 e. The highest BCUT2D eigenvalue weighted by Crippen LogP contribution is 2.41. The highest BCUT2D eigenvalue weighted by molar-refractivity contribution is 8.02. The minimum Gasteiger partial charge on any atom is -0.359 e. The van der Waals surface area contributed by atoms with Crippen molar-refractivity contribution >= 4 is 34.6 Å². The van der Waals surface area contributed by atoms with E-state index < -0.39 is 0 Å². The van der Waals surface area contributed by atoms with E-state index in [0.717, 1.165) is 12.2 Å². The summed E-state index contributed by atoms with van der Waals surface area (Å²) < 4.78 is 1.42. The van der Waals surface area contributed by atoms with Gasteiger partial charge < -0.3 is 4.90 Å². The predicted molar refractivity (Wildman–Crippen MR) is 72.3 cm³/mol. The summed E-state index contributed by atoms with van der Waals surface area (Å²) in [5, 5.41) is 0. The standard InChI is InChI=1S/C12H16N2S2/c1-2-9-7-10-12(16-9)15-8-11(13-10)14-5-3-4-6-14/h7H,2-6,8H2,1H3. The van der Waals surface area contributed by atoms with Crippen molar-refractivity contribution in [3.8, 4) is 0 Å². The fourth-order valence-corrected chi connectivity index (χ4v) is 4.46. The third-order valence-electron chi connectivity index (χ3n) is 3.13. The van der Waals surface area contributed by atoms with Gasteiger partial charge in [0.05, 0.1) is 15.6 Å². The first-order valence-corrected chi connectivity index (χ1v) is 7.75. The van der Waals surface area contributed by atoms with Crippen LogP contribution in [0.15, 0.2) is 15.3 Å². The molecule has 3 heterocycles. The lowest BCUT2D eigenvalue weighted by Gasteiger charge is -2.22. The highest BCUT2D eigenvalue weighted by atomic mass is 32.2. The van der Waals surface area contributed by atoms with Gasteiger partial charge in [0.15, 0.2) is 0 Å². The fraction of sp³-hybridized carbons (Fsp3) is 0.583. The highest BCUT2D eigenvalue weighted by Gasteiger charge is 2.21. The van der Waals surface area contributed by atoms with Crippen molar-refractivity contribution in [2.24, 2.45) is 4.99 Å². The molecular formula is C12H16N2S2. The summed E-state index contributed by atoms with van der Waals surface area (Å²) in [7, 11) is 0. The Morgan fingerprint density at radius 1 is 1.38 bits per heavy atom. The Bertz CT molecular complexity index is 417. The Morgan fingerprint density at radius 2 is 2.19 bits per heavy atom. The molecule has 0 amide bonds. The molecule has 2 aliphatic rings. The molecule has 1 aromatic rings. The lowest BCUT2D eigenvalue weighted by atomic mass is 10.3. The van der Waals surface area contributed by atoms with Crippen molar-refractivity contribution in [2.75, 3.05) is 18.8 Å². The Morgan fingerprint density at radius 3 is 2.94 bits per heavy atom. The van der Waals surface area contributed by atoms with Gasteiger partial charge in [-0.2, -0.15) is 0 Å². The predicted octanol–water partition coefficient (Wildman–Crippen LogP) is 3.54. The number of aryl methyl sites for hydroxylation is 1. The van der Waals surface area contributed by atoms with Crippen LogP contribution in [0.4, 0.5) is 5.69 Å². The van der Waals surface area contributed by atoms with E-state index in [9.17, 15) is 0 Å². The van der Waals surface area contributed by atoms with Gasteiger partial charge in [0, 0.05) is 18.0 Å². The third-order valence-corrected chi connectivity index (χ3v) is 5.67. The van der Waals surface area contributed by atoms with Crippen molar-refractivity contribution in [1.82, 2.24) is 4.90 Å². The van der Waals surface area contributed by atoms with Crippen LogP contribution in [-0.2, 0) is 6.42 Å². The molecule has 1 saturated heterocycles. The van der Waals surface area contributed by atoms with Crippen molar-refractivity contribution in [3.63, 3.8) is 0 Å². The number of hydrogen-bond acceptors (Lipinski definition) is 4. The van der Waals surface area contributed by atoms with Crippen LogP contribution in [0.3, 0.4) is 0 Å². The van der Waals surface area contributed by atoms with Gasteiger partial charge in [-0.25, -0.2) is 4.99 Å². The molecule has 0 saturated carbocycles. The molecule has 2 nitrogen and oxygen atoms in total. The van der Waals surface area contributed by atoms with Crippen LogP contribution >= 0.6 is 23.1 Å². The maximum atomic E-state index is 4.83. The molecule has 1 fully saturated rings. The summed E-state index contributed by atoms with van der Waals surface area (Å²) in [5.41, 5.74) is 1.22. The number of amidine groups is 1. The number of fused-ring (bicyclic) bond motifs is 1. The molecule has 0 N–H and O–H groups in total. The van der Waals surface area contributed by atoms with Gasteiger partial charge in [-0.3, -0.25) is 0 Å². The molecule has 2 aliphatic heterocycles. The average Bonchev–Trinajstić information content (AvgIpc) is 2.96. The van der Waals surface area contributed by atoms with Crippen LogP contribution < -0.4 is 0 Å². The van der Waals surface area contributed by atoms with Crippen LogP contribution in [0.1, 0.15) is 24.6 Å². The number of aliphatic imine (C=N–C) groups is 1. The minimum absolute atomic E-state index is 1.07. The molecule has 0 aliphatic carbocycles. The number of nitrogens with zero attached hydrogens (tertiary/aromatic N) is 2. The second-order valence-electron chi connectivity index (χ2n) is 4.25. The molecule has 1 aromatic heterocycles. The van der Waals surface area contributed by atoms with Gasteiger partial charge in [0.2, 0.25) is 0 Å². The monoisotopic (exact) mass is 252 g/mol. The second kappa shape index (κ2) is 4.41. The molecular weight excluding hydrogens is 236 g/mol. The summed E-state index contributed by atoms with van der Waals surface area (Å²) in [6.45, 7) is 4.63. The maximum absolute atomic E-state index is 4.83. The van der Waals surface area contributed by atoms with Crippen molar-refractivity contribution in [1.29, 1.82) is 0 Å². The maximum Gasteiger partial charge on any atom is 0.115 e. The van der Waals surface area contributed by atoms with Crippen LogP contribution in [0, 0.1) is 0 Å². The van der Waals surface area contributed by atoms with E-state index in [4.69, 9.17) is 4.99 Å². The molecule has 0 bridgehead atoms. The number of likely N-dealkylation sites (tertiary alicyclic amines) is 1. The Kier molecular flexibility index (Phi) is 2.94. The van der Waals surface area contributed by atoms with E-state index in [1.807, 2.05) is 23.1 Å². The van der Waals surface area contributed by atoms with Gasteiger partial charge >= 0.3 is 0 Å². The molecule has 86 valence electrons. The lowest BCUT2D eigenvalue weighted by Crippen LogP contribution is -2.30. The zero-order valence-corrected chi connectivity index (χ0v) is 11.2. The number of rotatable bonds is 1. The molecule has 4 heteroatoms. The summed E-state index contributed by atoms with van der Waals surface area (Å²) in [5.74, 6) is 2.37. The molecule has 0 atom stereocenters. The number of thiophene rings is 1. The first-order valence-electron chi connectivity index (χ1n) is 5.95. The smallest absolute Gasteiger partial charge is 0.115 e. The zero-order valence-electron chi connectivity index (χ0n) is 9.53. The van der Waals surface area contributed by atoms with Crippen molar-refractivity contribution in [2.45, 2.75) is 30.4 Å². The molecule has 0 spiro atoms. The second-order valence-corrected chi connectivity index (χ2v) is 6.63. The van der Waals surface area contributed by atoms with E-state index in [1.165, 1.54) is 46.5 Å². The SMILES string of the molecule is CCc1cc2c(s1)SCC(N1CCCC1)=N2. The van der Waals surface area contributed by atoms with E-state index >= 15 is 0 Å². The van der Waals surface area contributed by atoms with Gasteiger partial charge in [0.25, 0.3) is 0 Å². The Balaban J connectivity index is 1.87. The summed E-state index contributed by atoms with van der Waals surface area (Å²) in [6.07, 6.45) is 3.80. The zero-order chi connectivity index (χ0) is 11.0. The molecule has 0 aromatic carbocycles. The van der Waals surface area contributed by atoms with Crippen LogP contribution in [0.25, 0.3) is 0 Å². The van der Waals surface area contributed by atoms with Gasteiger partial charge in [-0.15, -0.1) is 23.1 Å². The molecule has 0 radical (unpaired) electrons. The normalized spacial score (nSPS) is 19.8.